The van der Waals surface area contributed by atoms with Gasteiger partial charge in [-0.1, -0.05) is 27.7 Å². The highest BCUT2D eigenvalue weighted by atomic mass is 16.1. The summed E-state index contributed by atoms with van der Waals surface area (Å²) in [6, 6.07) is 0. The van der Waals surface area contributed by atoms with Crippen molar-refractivity contribution in [1.29, 1.82) is 0 Å². The van der Waals surface area contributed by atoms with Crippen molar-refractivity contribution in [3.8, 4) is 0 Å². The zero-order chi connectivity index (χ0) is 9.20. The summed E-state index contributed by atoms with van der Waals surface area (Å²) in [4.78, 5) is 10.9. The third-order valence-corrected chi connectivity index (χ3v) is 4.66. The fourth-order valence-electron chi connectivity index (χ4n) is 3.25. The topological polar surface area (TPSA) is 17.1 Å². The second kappa shape index (κ2) is 1.78. The first-order chi connectivity index (χ1) is 5.38. The van der Waals surface area contributed by atoms with Gasteiger partial charge in [0.2, 0.25) is 0 Å². The predicted octanol–water partition coefficient (Wildman–Crippen LogP) is 2.65. The summed E-state index contributed by atoms with van der Waals surface area (Å²) in [5.41, 5.74) is 0.849. The number of rotatable bonds is 2. The normalized spacial score (nSPS) is 34.3. The van der Waals surface area contributed by atoms with E-state index in [1.54, 1.807) is 0 Å². The minimum atomic E-state index is 0.0903. The van der Waals surface area contributed by atoms with Gasteiger partial charge in [0, 0.05) is 5.41 Å². The zero-order valence-corrected chi connectivity index (χ0v) is 8.48. The standard InChI is InChI=1S/C11H18O/c1-9(2)8(10(9,3)4)11(7-12)5-6-11/h7-8H,5-6H2,1-4H3. The molecule has 0 aliphatic heterocycles. The quantitative estimate of drug-likeness (QED) is 0.576. The predicted molar refractivity (Wildman–Crippen MR) is 48.8 cm³/mol. The summed E-state index contributed by atoms with van der Waals surface area (Å²) in [7, 11) is 0. The Morgan fingerprint density at radius 2 is 1.50 bits per heavy atom. The Kier molecular flexibility index (Phi) is 1.23. The smallest absolute Gasteiger partial charge is 0.126 e. The number of aldehydes is 1. The molecule has 2 fully saturated rings. The second-order valence-corrected chi connectivity index (χ2v) is 5.73. The van der Waals surface area contributed by atoms with E-state index in [2.05, 4.69) is 27.7 Å². The molecule has 2 saturated carbocycles. The molecule has 2 aliphatic carbocycles. The van der Waals surface area contributed by atoms with Gasteiger partial charge < -0.3 is 4.79 Å². The van der Waals surface area contributed by atoms with Crippen molar-refractivity contribution in [1.82, 2.24) is 0 Å². The third-order valence-electron chi connectivity index (χ3n) is 4.66. The molecule has 0 N–H and O–H groups in total. The minimum absolute atomic E-state index is 0.0903. The SMILES string of the molecule is CC1(C)C(C2(C=O)CC2)C1(C)C. The van der Waals surface area contributed by atoms with E-state index in [4.69, 9.17) is 0 Å². The van der Waals surface area contributed by atoms with Crippen LogP contribution in [0.2, 0.25) is 0 Å². The zero-order valence-electron chi connectivity index (χ0n) is 8.48. The number of carbonyl (C=O) groups is 1. The van der Waals surface area contributed by atoms with Crippen LogP contribution in [0.3, 0.4) is 0 Å². The molecule has 0 unspecified atom stereocenters. The first-order valence-corrected chi connectivity index (χ1v) is 4.85. The van der Waals surface area contributed by atoms with Crippen LogP contribution in [0.25, 0.3) is 0 Å². The van der Waals surface area contributed by atoms with Crippen molar-refractivity contribution < 1.29 is 4.79 Å². The highest BCUT2D eigenvalue weighted by Crippen LogP contribution is 2.79. The van der Waals surface area contributed by atoms with Gasteiger partial charge >= 0.3 is 0 Å². The lowest BCUT2D eigenvalue weighted by Gasteiger charge is -2.07. The molecule has 2 aliphatic rings. The van der Waals surface area contributed by atoms with Crippen LogP contribution in [-0.4, -0.2) is 6.29 Å². The summed E-state index contributed by atoms with van der Waals surface area (Å²) in [5, 5.41) is 0. The van der Waals surface area contributed by atoms with E-state index in [1.165, 1.54) is 6.29 Å². The van der Waals surface area contributed by atoms with Crippen molar-refractivity contribution in [2.24, 2.45) is 22.2 Å². The average molecular weight is 166 g/mol. The highest BCUT2D eigenvalue weighted by molar-refractivity contribution is 5.66. The molecule has 1 heteroatoms. The minimum Gasteiger partial charge on any atom is -0.303 e. The molecule has 0 aromatic carbocycles. The van der Waals surface area contributed by atoms with Gasteiger partial charge in [-0.05, 0) is 29.6 Å². The molecule has 0 radical (unpaired) electrons. The van der Waals surface area contributed by atoms with Gasteiger partial charge in [-0.3, -0.25) is 0 Å². The molecule has 0 bridgehead atoms. The van der Waals surface area contributed by atoms with Gasteiger partial charge in [0.05, 0.1) is 0 Å². The molecule has 12 heavy (non-hydrogen) atoms. The number of carbonyl (C=O) groups excluding carboxylic acids is 1. The largest absolute Gasteiger partial charge is 0.303 e. The van der Waals surface area contributed by atoms with Crippen LogP contribution in [0.1, 0.15) is 40.5 Å². The Morgan fingerprint density at radius 1 is 1.08 bits per heavy atom. The molecule has 0 amide bonds. The van der Waals surface area contributed by atoms with Crippen LogP contribution in [0.15, 0.2) is 0 Å². The van der Waals surface area contributed by atoms with Crippen LogP contribution in [0, 0.1) is 22.2 Å². The van der Waals surface area contributed by atoms with E-state index in [0.717, 1.165) is 12.8 Å². The molecule has 0 atom stereocenters. The molecular formula is C11H18O. The summed E-state index contributed by atoms with van der Waals surface area (Å²) in [6.45, 7) is 9.17. The summed E-state index contributed by atoms with van der Waals surface area (Å²) < 4.78 is 0. The Hall–Kier alpha value is -0.330. The van der Waals surface area contributed by atoms with Gasteiger partial charge in [-0.15, -0.1) is 0 Å². The van der Waals surface area contributed by atoms with E-state index in [-0.39, 0.29) is 5.41 Å². The van der Waals surface area contributed by atoms with Crippen LogP contribution >= 0.6 is 0 Å². The van der Waals surface area contributed by atoms with Crippen LogP contribution in [0.5, 0.6) is 0 Å². The average Bonchev–Trinajstić information content (AvgIpc) is 2.75. The van der Waals surface area contributed by atoms with E-state index in [9.17, 15) is 4.79 Å². The monoisotopic (exact) mass is 166 g/mol. The number of hydrogen-bond acceptors (Lipinski definition) is 1. The van der Waals surface area contributed by atoms with E-state index in [1.807, 2.05) is 0 Å². The maximum absolute atomic E-state index is 10.9. The van der Waals surface area contributed by atoms with Crippen molar-refractivity contribution in [3.05, 3.63) is 0 Å². The maximum Gasteiger partial charge on any atom is 0.126 e. The molecule has 0 saturated heterocycles. The Bertz CT molecular complexity index is 219. The molecule has 0 aromatic rings. The van der Waals surface area contributed by atoms with Gasteiger partial charge in [0.15, 0.2) is 0 Å². The maximum atomic E-state index is 10.9. The van der Waals surface area contributed by atoms with E-state index >= 15 is 0 Å². The fraction of sp³-hybridized carbons (Fsp3) is 0.909. The van der Waals surface area contributed by atoms with Crippen molar-refractivity contribution in [2.45, 2.75) is 40.5 Å². The van der Waals surface area contributed by atoms with Crippen LogP contribution < -0.4 is 0 Å². The van der Waals surface area contributed by atoms with E-state index in [0.29, 0.717) is 16.7 Å². The van der Waals surface area contributed by atoms with Gasteiger partial charge in [0.25, 0.3) is 0 Å². The molecule has 0 heterocycles. The lowest BCUT2D eigenvalue weighted by molar-refractivity contribution is -0.113. The Balaban J connectivity index is 2.25. The molecular weight excluding hydrogens is 148 g/mol. The van der Waals surface area contributed by atoms with Crippen LogP contribution in [-0.2, 0) is 4.79 Å². The molecule has 2 rings (SSSR count). The summed E-state index contributed by atoms with van der Waals surface area (Å²) >= 11 is 0. The van der Waals surface area contributed by atoms with Gasteiger partial charge in [-0.2, -0.15) is 0 Å². The fourth-order valence-corrected chi connectivity index (χ4v) is 3.25. The lowest BCUT2D eigenvalue weighted by Crippen LogP contribution is -2.10. The first-order valence-electron chi connectivity index (χ1n) is 4.85. The Morgan fingerprint density at radius 3 is 1.58 bits per heavy atom. The van der Waals surface area contributed by atoms with Crippen molar-refractivity contribution >= 4 is 6.29 Å². The molecule has 1 nitrogen and oxygen atoms in total. The van der Waals surface area contributed by atoms with Crippen molar-refractivity contribution in [2.75, 3.05) is 0 Å². The van der Waals surface area contributed by atoms with E-state index < -0.39 is 0 Å². The lowest BCUT2D eigenvalue weighted by atomic mass is 9.95. The van der Waals surface area contributed by atoms with Gasteiger partial charge in [-0.25, -0.2) is 0 Å². The first kappa shape index (κ1) is 8.28. The number of hydrogen-bond donors (Lipinski definition) is 0. The van der Waals surface area contributed by atoms with Crippen LogP contribution in [0.4, 0.5) is 0 Å². The molecule has 0 spiro atoms. The molecule has 0 aromatic heterocycles. The third kappa shape index (κ3) is 0.681. The Labute approximate surface area is 74.5 Å². The molecule has 68 valence electrons. The summed E-state index contributed by atoms with van der Waals surface area (Å²) in [5.74, 6) is 0.634. The van der Waals surface area contributed by atoms with Crippen molar-refractivity contribution in [3.63, 3.8) is 0 Å². The second-order valence-electron chi connectivity index (χ2n) is 5.73. The summed E-state index contributed by atoms with van der Waals surface area (Å²) in [6.07, 6.45) is 3.48. The highest BCUT2D eigenvalue weighted by Gasteiger charge is 2.74. The van der Waals surface area contributed by atoms with Gasteiger partial charge in [0.1, 0.15) is 6.29 Å².